The summed E-state index contributed by atoms with van der Waals surface area (Å²) < 4.78 is 35.0. The van der Waals surface area contributed by atoms with Gasteiger partial charge in [-0.05, 0) is 0 Å². The number of methoxy groups -OCH3 is 1. The van der Waals surface area contributed by atoms with Crippen LogP contribution in [-0.4, -0.2) is 30.9 Å². The Morgan fingerprint density at radius 3 is 2.38 bits per heavy atom. The van der Waals surface area contributed by atoms with Gasteiger partial charge in [0.1, 0.15) is 17.4 Å². The van der Waals surface area contributed by atoms with E-state index in [0.29, 0.717) is 6.07 Å². The number of ether oxygens (including phenoxy) is 2. The molecule has 0 fully saturated rings. The number of hydrogen-bond acceptors (Lipinski definition) is 3. The Labute approximate surface area is 90.4 Å². The summed E-state index contributed by atoms with van der Waals surface area (Å²) in [6.07, 6.45) is -1.30. The fourth-order valence-corrected chi connectivity index (χ4v) is 1.07. The quantitative estimate of drug-likeness (QED) is 0.834. The highest BCUT2D eigenvalue weighted by Crippen LogP contribution is 2.16. The van der Waals surface area contributed by atoms with Gasteiger partial charge in [-0.2, -0.15) is 0 Å². The third-order valence-electron chi connectivity index (χ3n) is 1.71. The summed E-state index contributed by atoms with van der Waals surface area (Å²) in [7, 11) is 1.30. The van der Waals surface area contributed by atoms with Crippen molar-refractivity contribution in [2.24, 2.45) is 0 Å². The largest absolute Gasteiger partial charge is 0.478 e. The van der Waals surface area contributed by atoms with Crippen molar-refractivity contribution in [3.8, 4) is 5.75 Å². The first-order valence-corrected chi connectivity index (χ1v) is 4.37. The molecule has 0 aromatic heterocycles. The predicted octanol–water partition coefficient (Wildman–Crippen LogP) is 1.44. The van der Waals surface area contributed by atoms with Crippen LogP contribution in [0.5, 0.6) is 5.75 Å². The average Bonchev–Trinajstić information content (AvgIpc) is 2.15. The molecule has 16 heavy (non-hydrogen) atoms. The second-order valence-electron chi connectivity index (χ2n) is 3.01. The maximum atomic E-state index is 12.8. The summed E-state index contributed by atoms with van der Waals surface area (Å²) in [6.45, 7) is -0.215. The summed E-state index contributed by atoms with van der Waals surface area (Å²) in [4.78, 5) is 10.7. The molecule has 1 atom stereocenters. The number of carboxylic acid groups (broad SMARTS) is 1. The van der Waals surface area contributed by atoms with Crippen LogP contribution < -0.4 is 4.74 Å². The monoisotopic (exact) mass is 232 g/mol. The molecule has 0 spiro atoms. The molecule has 1 aromatic rings. The average molecular weight is 232 g/mol. The topological polar surface area (TPSA) is 55.8 Å². The third kappa shape index (κ3) is 3.47. The van der Waals surface area contributed by atoms with Gasteiger partial charge in [0.2, 0.25) is 6.10 Å². The third-order valence-corrected chi connectivity index (χ3v) is 1.71. The minimum atomic E-state index is -1.30. The van der Waals surface area contributed by atoms with E-state index in [1.54, 1.807) is 0 Å². The number of hydrogen-bond donors (Lipinski definition) is 1. The first-order valence-electron chi connectivity index (χ1n) is 4.37. The Bertz CT molecular complexity index is 361. The van der Waals surface area contributed by atoms with Gasteiger partial charge in [-0.25, -0.2) is 13.6 Å². The van der Waals surface area contributed by atoms with E-state index in [4.69, 9.17) is 9.84 Å². The molecule has 88 valence electrons. The van der Waals surface area contributed by atoms with Gasteiger partial charge < -0.3 is 14.6 Å². The van der Waals surface area contributed by atoms with Crippen LogP contribution in [0.2, 0.25) is 0 Å². The molecule has 0 radical (unpaired) electrons. The zero-order chi connectivity index (χ0) is 12.1. The van der Waals surface area contributed by atoms with Crippen LogP contribution in [0.1, 0.15) is 0 Å². The van der Waals surface area contributed by atoms with Crippen LogP contribution in [0.4, 0.5) is 8.78 Å². The molecule has 0 saturated heterocycles. The summed E-state index contributed by atoms with van der Waals surface area (Å²) in [5.41, 5.74) is 0. The standard InChI is InChI=1S/C10H10F2O4/c1-15-5-9(10(13)14)16-8-3-6(11)2-7(12)4-8/h2-4,9H,5H2,1H3,(H,13,14). The smallest absolute Gasteiger partial charge is 0.347 e. The van der Waals surface area contributed by atoms with Crippen molar-refractivity contribution in [1.82, 2.24) is 0 Å². The molecule has 0 aliphatic rings. The highest BCUT2D eigenvalue weighted by Gasteiger charge is 2.19. The van der Waals surface area contributed by atoms with E-state index in [2.05, 4.69) is 4.74 Å². The summed E-state index contributed by atoms with van der Waals surface area (Å²) in [5.74, 6) is -3.14. The molecule has 0 amide bonds. The minimum absolute atomic E-state index is 0.193. The molecule has 1 rings (SSSR count). The van der Waals surface area contributed by atoms with Gasteiger partial charge in [0.15, 0.2) is 0 Å². The van der Waals surface area contributed by atoms with Gasteiger partial charge in [0.05, 0.1) is 6.61 Å². The fourth-order valence-electron chi connectivity index (χ4n) is 1.07. The van der Waals surface area contributed by atoms with Gasteiger partial charge in [0, 0.05) is 25.3 Å². The van der Waals surface area contributed by atoms with Crippen molar-refractivity contribution in [1.29, 1.82) is 0 Å². The number of benzene rings is 1. The van der Waals surface area contributed by atoms with E-state index >= 15 is 0 Å². The summed E-state index contributed by atoms with van der Waals surface area (Å²) >= 11 is 0. The second kappa shape index (κ2) is 5.41. The lowest BCUT2D eigenvalue weighted by atomic mass is 10.3. The van der Waals surface area contributed by atoms with Crippen LogP contribution in [0.25, 0.3) is 0 Å². The molecule has 0 bridgehead atoms. The Balaban J connectivity index is 2.80. The van der Waals surface area contributed by atoms with E-state index in [0.717, 1.165) is 12.1 Å². The van der Waals surface area contributed by atoms with Crippen LogP contribution in [-0.2, 0) is 9.53 Å². The molecule has 1 aromatic carbocycles. The number of carboxylic acids is 1. The molecule has 6 heteroatoms. The highest BCUT2D eigenvalue weighted by molar-refractivity contribution is 5.72. The van der Waals surface area contributed by atoms with Crippen molar-refractivity contribution in [3.05, 3.63) is 29.8 Å². The zero-order valence-corrected chi connectivity index (χ0v) is 8.44. The van der Waals surface area contributed by atoms with Crippen molar-refractivity contribution in [2.75, 3.05) is 13.7 Å². The Morgan fingerprint density at radius 2 is 1.94 bits per heavy atom. The number of rotatable bonds is 5. The molecule has 1 unspecified atom stereocenters. The van der Waals surface area contributed by atoms with Gasteiger partial charge in [-0.3, -0.25) is 0 Å². The molecule has 0 heterocycles. The van der Waals surface area contributed by atoms with Gasteiger partial charge in [-0.15, -0.1) is 0 Å². The highest BCUT2D eigenvalue weighted by atomic mass is 19.1. The van der Waals surface area contributed by atoms with Gasteiger partial charge in [0.25, 0.3) is 0 Å². The normalized spacial score (nSPS) is 12.2. The Hall–Kier alpha value is -1.69. The molecule has 1 N–H and O–H groups in total. The number of halogens is 2. The van der Waals surface area contributed by atoms with Crippen molar-refractivity contribution in [2.45, 2.75) is 6.10 Å². The first kappa shape index (κ1) is 12.4. The van der Waals surface area contributed by atoms with E-state index in [1.165, 1.54) is 7.11 Å². The number of aliphatic carboxylic acids is 1. The lowest BCUT2D eigenvalue weighted by molar-refractivity contribution is -0.147. The van der Waals surface area contributed by atoms with E-state index in [-0.39, 0.29) is 12.4 Å². The summed E-state index contributed by atoms with van der Waals surface area (Å²) in [5, 5.41) is 8.71. The fraction of sp³-hybridized carbons (Fsp3) is 0.300. The molecule has 0 aliphatic heterocycles. The van der Waals surface area contributed by atoms with E-state index in [1.807, 2.05) is 0 Å². The van der Waals surface area contributed by atoms with E-state index < -0.39 is 23.7 Å². The first-order chi connectivity index (χ1) is 7.52. The van der Waals surface area contributed by atoms with Crippen molar-refractivity contribution >= 4 is 5.97 Å². The molecule has 0 aliphatic carbocycles. The summed E-state index contributed by atoms with van der Waals surface area (Å²) in [6, 6.07) is 2.46. The molecular weight excluding hydrogens is 222 g/mol. The van der Waals surface area contributed by atoms with Crippen molar-refractivity contribution in [3.63, 3.8) is 0 Å². The maximum absolute atomic E-state index is 12.8. The van der Waals surface area contributed by atoms with Gasteiger partial charge in [-0.1, -0.05) is 0 Å². The Morgan fingerprint density at radius 1 is 1.38 bits per heavy atom. The second-order valence-corrected chi connectivity index (χ2v) is 3.01. The van der Waals surface area contributed by atoms with Crippen molar-refractivity contribution < 1.29 is 28.2 Å². The lowest BCUT2D eigenvalue weighted by Gasteiger charge is -2.14. The van der Waals surface area contributed by atoms with Crippen LogP contribution >= 0.6 is 0 Å². The van der Waals surface area contributed by atoms with E-state index in [9.17, 15) is 13.6 Å². The molecule has 4 nitrogen and oxygen atoms in total. The van der Waals surface area contributed by atoms with Gasteiger partial charge >= 0.3 is 5.97 Å². The molecule has 0 saturated carbocycles. The Kier molecular flexibility index (Phi) is 4.19. The minimum Gasteiger partial charge on any atom is -0.478 e. The lowest BCUT2D eigenvalue weighted by Crippen LogP contribution is -2.31. The predicted molar refractivity (Wildman–Crippen MR) is 50.3 cm³/mol. The maximum Gasteiger partial charge on any atom is 0.347 e. The van der Waals surface area contributed by atoms with Crippen LogP contribution in [0, 0.1) is 11.6 Å². The zero-order valence-electron chi connectivity index (χ0n) is 8.44. The van der Waals surface area contributed by atoms with Crippen LogP contribution in [0.15, 0.2) is 18.2 Å². The SMILES string of the molecule is COCC(Oc1cc(F)cc(F)c1)C(=O)O. The number of carbonyl (C=O) groups is 1. The molecular formula is C10H10F2O4. The van der Waals surface area contributed by atoms with Crippen LogP contribution in [0.3, 0.4) is 0 Å².